The maximum Gasteiger partial charge on any atom is 0.373 e. The Morgan fingerprint density at radius 1 is 1.25 bits per heavy atom. The summed E-state index contributed by atoms with van der Waals surface area (Å²) in [6, 6.07) is 5.84. The molecular formula is C11H15ClNO5PS. The van der Waals surface area contributed by atoms with E-state index >= 15 is 0 Å². The fraction of sp³-hybridized carbons (Fsp3) is 0.364. The lowest BCUT2D eigenvalue weighted by molar-refractivity contribution is 0.233. The van der Waals surface area contributed by atoms with Crippen molar-refractivity contribution in [2.24, 2.45) is 4.40 Å². The van der Waals surface area contributed by atoms with E-state index in [4.69, 9.17) is 20.6 Å². The molecule has 0 fully saturated rings. The molecule has 0 saturated heterocycles. The van der Waals surface area contributed by atoms with Gasteiger partial charge < -0.3 is 9.05 Å². The van der Waals surface area contributed by atoms with Crippen molar-refractivity contribution in [2.75, 3.05) is 13.2 Å². The molecule has 0 heterocycles. The first kappa shape index (κ1) is 17.3. The molecule has 1 aromatic carbocycles. The van der Waals surface area contributed by atoms with Gasteiger partial charge in [-0.25, -0.2) is 0 Å². The summed E-state index contributed by atoms with van der Waals surface area (Å²) in [5, 5.41) is 0.0345. The molecule has 0 N–H and O–H groups in total. The third-order valence-electron chi connectivity index (χ3n) is 2.06. The maximum atomic E-state index is 12.1. The van der Waals surface area contributed by atoms with Crippen LogP contribution in [0.4, 0.5) is 0 Å². The molecular weight excluding hydrogens is 325 g/mol. The summed E-state index contributed by atoms with van der Waals surface area (Å²) in [7, 11) is -7.72. The molecule has 0 bridgehead atoms. The summed E-state index contributed by atoms with van der Waals surface area (Å²) in [6.45, 7) is 3.44. The van der Waals surface area contributed by atoms with Crippen molar-refractivity contribution in [1.29, 1.82) is 0 Å². The Kier molecular flexibility index (Phi) is 6.36. The predicted molar refractivity (Wildman–Crippen MR) is 78.0 cm³/mol. The zero-order valence-electron chi connectivity index (χ0n) is 11.0. The second kappa shape index (κ2) is 7.33. The van der Waals surface area contributed by atoms with Gasteiger partial charge in [0.25, 0.3) is 10.0 Å². The van der Waals surface area contributed by atoms with Crippen LogP contribution >= 0.6 is 19.2 Å². The summed E-state index contributed by atoms with van der Waals surface area (Å²) < 4.78 is 49.3. The van der Waals surface area contributed by atoms with Crippen LogP contribution < -0.4 is 0 Å². The molecule has 0 unspecified atom stereocenters. The number of rotatable bonds is 7. The quantitative estimate of drug-likeness (QED) is 0.562. The molecule has 0 saturated carbocycles. The molecule has 1 aromatic rings. The zero-order chi connectivity index (χ0) is 15.2. The Hall–Kier alpha value is -0.720. The summed E-state index contributed by atoms with van der Waals surface area (Å²) in [5.74, 6) is 0.693. The molecule has 6 nitrogen and oxygen atoms in total. The van der Waals surface area contributed by atoms with Crippen LogP contribution in [0.1, 0.15) is 13.8 Å². The Morgan fingerprint density at radius 2 is 1.80 bits per heavy atom. The highest BCUT2D eigenvalue weighted by Gasteiger charge is 2.23. The van der Waals surface area contributed by atoms with E-state index in [9.17, 15) is 13.0 Å². The minimum Gasteiger partial charge on any atom is -0.305 e. The first-order chi connectivity index (χ1) is 9.34. The lowest BCUT2D eigenvalue weighted by Gasteiger charge is -2.11. The van der Waals surface area contributed by atoms with Gasteiger partial charge in [-0.2, -0.15) is 12.8 Å². The van der Waals surface area contributed by atoms with Crippen LogP contribution in [0.25, 0.3) is 0 Å². The van der Waals surface area contributed by atoms with Gasteiger partial charge in [0.2, 0.25) is 0 Å². The third-order valence-corrected chi connectivity index (χ3v) is 5.59. The minimum atomic E-state index is -4.06. The van der Waals surface area contributed by atoms with Gasteiger partial charge >= 0.3 is 7.60 Å². The highest BCUT2D eigenvalue weighted by Crippen LogP contribution is 2.45. The van der Waals surface area contributed by atoms with Crippen LogP contribution in [0.15, 0.2) is 33.6 Å². The van der Waals surface area contributed by atoms with Crippen LogP contribution in [-0.2, 0) is 23.6 Å². The summed E-state index contributed by atoms with van der Waals surface area (Å²) in [4.78, 5) is -0.169. The first-order valence-electron chi connectivity index (χ1n) is 5.79. The molecule has 1 rings (SSSR count). The standard InChI is InChI=1S/C11H15ClNO5PS/c1-3-17-19(14,18-4-2)9-13-20(15,16)11-8-6-5-7-10(11)12/h5-9H,3-4H2,1-2H3. The normalized spacial score (nSPS) is 12.9. The van der Waals surface area contributed by atoms with Gasteiger partial charge in [0.1, 0.15) is 10.9 Å². The number of hydrogen-bond donors (Lipinski definition) is 0. The molecule has 0 radical (unpaired) electrons. The minimum absolute atomic E-state index is 0.0345. The monoisotopic (exact) mass is 339 g/mol. The number of sulfonamides is 1. The van der Waals surface area contributed by atoms with Crippen molar-refractivity contribution in [1.82, 2.24) is 0 Å². The molecule has 20 heavy (non-hydrogen) atoms. The van der Waals surface area contributed by atoms with Crippen LogP contribution in [-0.4, -0.2) is 27.6 Å². The molecule has 0 aromatic heterocycles. The highest BCUT2D eigenvalue weighted by atomic mass is 35.5. The lowest BCUT2D eigenvalue weighted by atomic mass is 10.4. The van der Waals surface area contributed by atoms with Crippen LogP contribution in [0.5, 0.6) is 0 Å². The van der Waals surface area contributed by atoms with Crippen LogP contribution in [0, 0.1) is 0 Å². The molecule has 0 aliphatic heterocycles. The van der Waals surface area contributed by atoms with E-state index in [1.807, 2.05) is 0 Å². The van der Waals surface area contributed by atoms with Crippen molar-refractivity contribution >= 4 is 35.2 Å². The first-order valence-corrected chi connectivity index (χ1v) is 9.22. The van der Waals surface area contributed by atoms with E-state index in [2.05, 4.69) is 4.40 Å². The Bertz CT molecular complexity index is 621. The molecule has 0 spiro atoms. The summed E-state index contributed by atoms with van der Waals surface area (Å²) in [6.07, 6.45) is 0. The summed E-state index contributed by atoms with van der Waals surface area (Å²) in [5.41, 5.74) is 0. The SMILES string of the molecule is CCOP(=O)(C=NS(=O)(=O)c1ccccc1Cl)OCC. The molecule has 112 valence electrons. The number of nitrogens with zero attached hydrogens (tertiary/aromatic N) is 1. The van der Waals surface area contributed by atoms with Gasteiger partial charge in [0.05, 0.1) is 18.2 Å². The van der Waals surface area contributed by atoms with E-state index in [-0.39, 0.29) is 23.1 Å². The lowest BCUT2D eigenvalue weighted by Crippen LogP contribution is -2.01. The summed E-state index contributed by atoms with van der Waals surface area (Å²) >= 11 is 5.80. The molecule has 0 amide bonds. The Balaban J connectivity index is 3.09. The largest absolute Gasteiger partial charge is 0.373 e. The van der Waals surface area contributed by atoms with Crippen molar-refractivity contribution in [2.45, 2.75) is 18.7 Å². The third kappa shape index (κ3) is 4.68. The molecule has 0 aliphatic carbocycles. The van der Waals surface area contributed by atoms with Gasteiger partial charge in [-0.05, 0) is 26.0 Å². The van der Waals surface area contributed by atoms with Gasteiger partial charge in [0, 0.05) is 0 Å². The van der Waals surface area contributed by atoms with Crippen LogP contribution in [0.2, 0.25) is 5.02 Å². The van der Waals surface area contributed by atoms with Gasteiger partial charge in [-0.3, -0.25) is 4.57 Å². The van der Waals surface area contributed by atoms with E-state index in [0.717, 1.165) is 0 Å². The number of benzene rings is 1. The van der Waals surface area contributed by atoms with E-state index in [0.29, 0.717) is 5.96 Å². The van der Waals surface area contributed by atoms with Crippen molar-refractivity contribution in [3.63, 3.8) is 0 Å². The second-order valence-electron chi connectivity index (χ2n) is 3.50. The average molecular weight is 340 g/mol. The van der Waals surface area contributed by atoms with Crippen molar-refractivity contribution in [3.05, 3.63) is 29.3 Å². The van der Waals surface area contributed by atoms with E-state index in [1.165, 1.54) is 18.2 Å². The maximum absolute atomic E-state index is 12.1. The number of halogens is 1. The predicted octanol–water partition coefficient (Wildman–Crippen LogP) is 3.32. The van der Waals surface area contributed by atoms with Gasteiger partial charge in [-0.1, -0.05) is 23.7 Å². The molecule has 9 heteroatoms. The molecule has 0 aliphatic rings. The van der Waals surface area contributed by atoms with Crippen molar-refractivity contribution < 1.29 is 22.0 Å². The van der Waals surface area contributed by atoms with Gasteiger partial charge in [-0.15, -0.1) is 0 Å². The van der Waals surface area contributed by atoms with E-state index in [1.54, 1.807) is 19.9 Å². The van der Waals surface area contributed by atoms with Crippen molar-refractivity contribution in [3.8, 4) is 0 Å². The van der Waals surface area contributed by atoms with Gasteiger partial charge in [0.15, 0.2) is 0 Å². The fourth-order valence-corrected chi connectivity index (χ4v) is 4.29. The molecule has 0 atom stereocenters. The average Bonchev–Trinajstić information content (AvgIpc) is 2.38. The fourth-order valence-electron chi connectivity index (χ4n) is 1.29. The van der Waals surface area contributed by atoms with Crippen LogP contribution in [0.3, 0.4) is 0 Å². The Morgan fingerprint density at radius 3 is 2.30 bits per heavy atom. The second-order valence-corrected chi connectivity index (χ2v) is 7.34. The smallest absolute Gasteiger partial charge is 0.305 e. The number of hydrogen-bond acceptors (Lipinski definition) is 5. The highest BCUT2D eigenvalue weighted by molar-refractivity contribution is 7.91. The van der Waals surface area contributed by atoms with E-state index < -0.39 is 17.6 Å². The Labute approximate surface area is 123 Å². The zero-order valence-corrected chi connectivity index (χ0v) is 13.5. The topological polar surface area (TPSA) is 82.0 Å².